The van der Waals surface area contributed by atoms with Crippen molar-refractivity contribution in [2.24, 2.45) is 11.1 Å². The molecule has 0 fully saturated rings. The highest BCUT2D eigenvalue weighted by Crippen LogP contribution is 2.37. The standard InChI is InChI=1S/C56H97NO6/c1-7-10-13-16-18-20-22-24-26-28-30-32-34-37-40-42-51(58)61-49-46-45-48(54(55(57)56(4,5)6)63-53(60)44-39-36-15-12-9-3)47-50(49)62-52(59)43-41-38-35-33-31-29-27-25-23-21-19-17-14-11-8-2/h9,12,36,39,45-47,54-55H,7-8,10-11,13-35,37-38,40-44,57H2,1-6H3/b12-9+,39-36+. The van der Waals surface area contributed by atoms with Crippen LogP contribution >= 0.6 is 0 Å². The predicted molar refractivity (Wildman–Crippen MR) is 266 cm³/mol. The molecule has 0 radical (unpaired) electrons. The molecule has 0 aliphatic rings. The summed E-state index contributed by atoms with van der Waals surface area (Å²) >= 11 is 0. The number of benzene rings is 1. The lowest BCUT2D eigenvalue weighted by Crippen LogP contribution is -2.42. The van der Waals surface area contributed by atoms with Gasteiger partial charge in [-0.15, -0.1) is 0 Å². The maximum Gasteiger partial charge on any atom is 0.311 e. The molecule has 0 saturated heterocycles. The molecule has 2 unspecified atom stereocenters. The first-order valence-electron chi connectivity index (χ1n) is 26.3. The molecule has 7 nitrogen and oxygen atoms in total. The number of ether oxygens (including phenoxy) is 3. The molecule has 1 rings (SSSR count). The summed E-state index contributed by atoms with van der Waals surface area (Å²) in [5, 5.41) is 0. The highest BCUT2D eigenvalue weighted by atomic mass is 16.6. The highest BCUT2D eigenvalue weighted by Gasteiger charge is 2.34. The van der Waals surface area contributed by atoms with Crippen molar-refractivity contribution >= 4 is 17.9 Å². The summed E-state index contributed by atoms with van der Waals surface area (Å²) in [7, 11) is 0. The summed E-state index contributed by atoms with van der Waals surface area (Å²) < 4.78 is 17.8. The van der Waals surface area contributed by atoms with E-state index in [0.29, 0.717) is 12.0 Å². The quantitative estimate of drug-likeness (QED) is 0.0302. The van der Waals surface area contributed by atoms with Crippen molar-refractivity contribution in [1.29, 1.82) is 0 Å². The minimum atomic E-state index is -0.806. The Kier molecular flexibility index (Phi) is 36.4. The third kappa shape index (κ3) is 32.4. The second-order valence-electron chi connectivity index (χ2n) is 19.3. The van der Waals surface area contributed by atoms with Gasteiger partial charge in [0.2, 0.25) is 0 Å². The SMILES string of the molecule is C/C=C/C/C=C/CC(=O)OC(c1ccc(OC(=O)CCCCCCCCCCCCCCCCC)c(OC(=O)CCCCCCCCCCCCCCCCC)c1)C(N)C(C)(C)C. The number of hydrogen-bond donors (Lipinski definition) is 1. The predicted octanol–water partition coefficient (Wildman–Crippen LogP) is 16.9. The second kappa shape index (κ2) is 39.4. The van der Waals surface area contributed by atoms with Crippen molar-refractivity contribution in [1.82, 2.24) is 0 Å². The summed E-state index contributed by atoms with van der Waals surface area (Å²) in [5.74, 6) is -0.785. The molecule has 0 saturated carbocycles. The average molecular weight is 880 g/mol. The van der Waals surface area contributed by atoms with Gasteiger partial charge >= 0.3 is 17.9 Å². The monoisotopic (exact) mass is 880 g/mol. The molecule has 2 N–H and O–H groups in total. The van der Waals surface area contributed by atoms with Gasteiger partial charge in [0.15, 0.2) is 11.5 Å². The van der Waals surface area contributed by atoms with Crippen LogP contribution in [-0.4, -0.2) is 23.9 Å². The number of allylic oxidation sites excluding steroid dienone is 3. The van der Waals surface area contributed by atoms with Gasteiger partial charge in [-0.05, 0) is 49.3 Å². The van der Waals surface area contributed by atoms with Crippen LogP contribution in [0, 0.1) is 5.41 Å². The molecular weight excluding hydrogens is 783 g/mol. The summed E-state index contributed by atoms with van der Waals surface area (Å²) in [5.41, 5.74) is 6.94. The molecular formula is C56H97NO6. The maximum absolute atomic E-state index is 13.3. The Morgan fingerprint density at radius 3 is 1.29 bits per heavy atom. The molecule has 1 aromatic carbocycles. The Balaban J connectivity index is 2.76. The lowest BCUT2D eigenvalue weighted by molar-refractivity contribution is -0.151. The molecule has 0 spiro atoms. The fourth-order valence-electron chi connectivity index (χ4n) is 7.98. The van der Waals surface area contributed by atoms with Gasteiger partial charge in [-0.3, -0.25) is 14.4 Å². The number of hydrogen-bond acceptors (Lipinski definition) is 7. The lowest BCUT2D eigenvalue weighted by Gasteiger charge is -2.34. The van der Waals surface area contributed by atoms with Crippen molar-refractivity contribution < 1.29 is 28.6 Å². The number of nitrogens with two attached hydrogens (primary N) is 1. The largest absolute Gasteiger partial charge is 0.456 e. The van der Waals surface area contributed by atoms with E-state index >= 15 is 0 Å². The Bertz CT molecular complexity index is 1350. The summed E-state index contributed by atoms with van der Waals surface area (Å²) in [4.78, 5) is 39.5. The molecule has 2 atom stereocenters. The first-order chi connectivity index (χ1) is 30.5. The van der Waals surface area contributed by atoms with Crippen LogP contribution in [0.1, 0.15) is 272 Å². The molecule has 7 heteroatoms. The normalized spacial score (nSPS) is 12.9. The van der Waals surface area contributed by atoms with Crippen LogP contribution in [0.5, 0.6) is 11.5 Å². The smallest absolute Gasteiger partial charge is 0.311 e. The fourth-order valence-corrected chi connectivity index (χ4v) is 7.98. The van der Waals surface area contributed by atoms with Gasteiger partial charge in [0.05, 0.1) is 12.5 Å². The maximum atomic E-state index is 13.3. The molecule has 0 aromatic heterocycles. The number of carbonyl (C=O) groups excluding carboxylic acids is 3. The third-order valence-corrected chi connectivity index (χ3v) is 12.3. The highest BCUT2D eigenvalue weighted by molar-refractivity contribution is 5.76. The summed E-state index contributed by atoms with van der Waals surface area (Å²) in [6.07, 6.45) is 46.0. The average Bonchev–Trinajstić information content (AvgIpc) is 3.25. The number of esters is 3. The van der Waals surface area contributed by atoms with Gasteiger partial charge in [-0.1, -0.05) is 245 Å². The molecule has 0 aliphatic heterocycles. The van der Waals surface area contributed by atoms with Crippen LogP contribution in [0.15, 0.2) is 42.5 Å². The van der Waals surface area contributed by atoms with E-state index in [1.165, 1.54) is 154 Å². The van der Waals surface area contributed by atoms with Gasteiger partial charge in [0.1, 0.15) is 6.10 Å². The summed E-state index contributed by atoms with van der Waals surface area (Å²) in [6.45, 7) is 12.5. The first-order valence-corrected chi connectivity index (χ1v) is 26.3. The van der Waals surface area contributed by atoms with E-state index < -0.39 is 23.5 Å². The molecule has 0 amide bonds. The zero-order valence-electron chi connectivity index (χ0n) is 41.8. The fraction of sp³-hybridized carbons (Fsp3) is 0.768. The van der Waals surface area contributed by atoms with Crippen LogP contribution in [-0.2, 0) is 19.1 Å². The molecule has 1 aromatic rings. The number of unbranched alkanes of at least 4 members (excludes halogenated alkanes) is 28. The minimum Gasteiger partial charge on any atom is -0.456 e. The molecule has 0 bridgehead atoms. The first kappa shape index (κ1) is 58.1. The van der Waals surface area contributed by atoms with E-state index in [4.69, 9.17) is 19.9 Å². The van der Waals surface area contributed by atoms with Crippen LogP contribution < -0.4 is 15.2 Å². The van der Waals surface area contributed by atoms with E-state index in [1.54, 1.807) is 24.3 Å². The Morgan fingerprint density at radius 1 is 0.524 bits per heavy atom. The van der Waals surface area contributed by atoms with Crippen LogP contribution in [0.25, 0.3) is 0 Å². The molecule has 0 aliphatic carbocycles. The zero-order chi connectivity index (χ0) is 46.2. The lowest BCUT2D eigenvalue weighted by atomic mass is 9.81. The van der Waals surface area contributed by atoms with Crippen molar-refractivity contribution in [2.75, 3.05) is 0 Å². The van der Waals surface area contributed by atoms with Crippen molar-refractivity contribution in [2.45, 2.75) is 272 Å². The van der Waals surface area contributed by atoms with Crippen molar-refractivity contribution in [3.63, 3.8) is 0 Å². The van der Waals surface area contributed by atoms with Crippen LogP contribution in [0.2, 0.25) is 0 Å². The number of carbonyl (C=O) groups is 3. The Hall–Kier alpha value is -2.93. The van der Waals surface area contributed by atoms with Gasteiger partial charge in [0.25, 0.3) is 0 Å². The van der Waals surface area contributed by atoms with Crippen LogP contribution in [0.3, 0.4) is 0 Å². The van der Waals surface area contributed by atoms with Crippen molar-refractivity contribution in [3.8, 4) is 11.5 Å². The van der Waals surface area contributed by atoms with Gasteiger partial charge in [0, 0.05) is 12.8 Å². The molecule has 0 heterocycles. The van der Waals surface area contributed by atoms with Crippen molar-refractivity contribution in [3.05, 3.63) is 48.1 Å². The third-order valence-electron chi connectivity index (χ3n) is 12.3. The molecule has 63 heavy (non-hydrogen) atoms. The van der Waals surface area contributed by atoms with E-state index in [2.05, 4.69) is 13.8 Å². The van der Waals surface area contributed by atoms with E-state index in [0.717, 1.165) is 44.9 Å². The van der Waals surface area contributed by atoms with Gasteiger partial charge in [-0.25, -0.2) is 0 Å². The van der Waals surface area contributed by atoms with E-state index in [1.807, 2.05) is 45.9 Å². The summed E-state index contributed by atoms with van der Waals surface area (Å²) in [6, 6.07) is 4.50. The molecule has 362 valence electrons. The minimum absolute atomic E-state index is 0.112. The topological polar surface area (TPSA) is 105 Å². The van der Waals surface area contributed by atoms with Crippen LogP contribution in [0.4, 0.5) is 0 Å². The van der Waals surface area contributed by atoms with E-state index in [9.17, 15) is 14.4 Å². The van der Waals surface area contributed by atoms with Gasteiger partial charge in [-0.2, -0.15) is 0 Å². The van der Waals surface area contributed by atoms with Gasteiger partial charge < -0.3 is 19.9 Å². The Morgan fingerprint density at radius 2 is 0.905 bits per heavy atom. The zero-order valence-corrected chi connectivity index (χ0v) is 41.8. The Labute approximate surface area is 387 Å². The number of rotatable bonds is 41. The second-order valence-corrected chi connectivity index (χ2v) is 19.3. The van der Waals surface area contributed by atoms with E-state index in [-0.39, 0.29) is 36.3 Å².